The highest BCUT2D eigenvalue weighted by molar-refractivity contribution is 5.92. The summed E-state index contributed by atoms with van der Waals surface area (Å²) in [4.78, 5) is 24.3. The van der Waals surface area contributed by atoms with Gasteiger partial charge in [-0.2, -0.15) is 5.26 Å². The number of rotatable bonds is 4. The van der Waals surface area contributed by atoms with Crippen LogP contribution >= 0.6 is 0 Å². The van der Waals surface area contributed by atoms with E-state index in [4.69, 9.17) is 5.26 Å². The third-order valence-electron chi connectivity index (χ3n) is 2.05. The van der Waals surface area contributed by atoms with Crippen molar-refractivity contribution in [3.8, 4) is 6.07 Å². The Balaban J connectivity index is 3.55. The lowest BCUT2D eigenvalue weighted by Gasteiger charge is -2.07. The molecule has 0 aromatic carbocycles. The fourth-order valence-electron chi connectivity index (χ4n) is 1.32. The Kier molecular flexibility index (Phi) is 4.41. The number of carbonyl (C=O) groups excluding carboxylic acids is 1. The first kappa shape index (κ1) is 14.4. The van der Waals surface area contributed by atoms with Crippen LogP contribution in [0.1, 0.15) is 35.0 Å². The molecule has 0 unspecified atom stereocenters. The zero-order valence-electron chi connectivity index (χ0n) is 9.59. The van der Waals surface area contributed by atoms with Gasteiger partial charge in [-0.15, -0.1) is 0 Å². The van der Waals surface area contributed by atoms with Gasteiger partial charge < -0.3 is 14.9 Å². The molecular formula is C10H7F2N3O4. The highest BCUT2D eigenvalue weighted by Gasteiger charge is 2.30. The molecule has 7 nitrogen and oxygen atoms in total. The number of alkyl halides is 2. The summed E-state index contributed by atoms with van der Waals surface area (Å²) in [5.74, 6) is -2.04. The van der Waals surface area contributed by atoms with Gasteiger partial charge in [0.15, 0.2) is 0 Å². The predicted octanol–water partition coefficient (Wildman–Crippen LogP) is 1.98. The van der Waals surface area contributed by atoms with Gasteiger partial charge in [-0.05, 0) is 16.8 Å². The molecule has 9 heteroatoms. The van der Waals surface area contributed by atoms with Gasteiger partial charge in [-0.1, -0.05) is 0 Å². The van der Waals surface area contributed by atoms with E-state index in [1.165, 1.54) is 13.0 Å². The number of carbonyl (C=O) groups is 1. The van der Waals surface area contributed by atoms with Gasteiger partial charge in [-0.25, -0.2) is 13.6 Å². The molecule has 0 aliphatic heterocycles. The van der Waals surface area contributed by atoms with Crippen LogP contribution in [0.5, 0.6) is 0 Å². The molecule has 0 atom stereocenters. The minimum atomic E-state index is -3.18. The Labute approximate surface area is 105 Å². The average molecular weight is 271 g/mol. The highest BCUT2D eigenvalue weighted by Crippen LogP contribution is 2.28. The van der Waals surface area contributed by atoms with E-state index in [-0.39, 0.29) is 6.61 Å². The van der Waals surface area contributed by atoms with Gasteiger partial charge in [0.2, 0.25) is 0 Å². The number of nitrogens with zero attached hydrogens (tertiary/aromatic N) is 3. The standard InChI is InChI=1S/C10H7F2N3O4/c1-2-19-10(16)5-3-7(15(17)18)14-6(4-13)8(5)9(11)12/h3,9H,2H2,1H3. The Morgan fingerprint density at radius 3 is 2.74 bits per heavy atom. The molecule has 19 heavy (non-hydrogen) atoms. The number of halogens is 2. The van der Waals surface area contributed by atoms with E-state index < -0.39 is 40.0 Å². The maximum absolute atomic E-state index is 12.8. The maximum Gasteiger partial charge on any atom is 0.365 e. The number of pyridine rings is 1. The number of nitro groups is 1. The fraction of sp³-hybridized carbons (Fsp3) is 0.300. The van der Waals surface area contributed by atoms with E-state index in [0.29, 0.717) is 6.07 Å². The van der Waals surface area contributed by atoms with Crippen LogP contribution in [-0.4, -0.2) is 22.5 Å². The van der Waals surface area contributed by atoms with Crippen LogP contribution in [-0.2, 0) is 4.74 Å². The summed E-state index contributed by atoms with van der Waals surface area (Å²) in [6, 6.07) is 1.88. The molecule has 0 aliphatic carbocycles. The van der Waals surface area contributed by atoms with Crippen LogP contribution in [0.4, 0.5) is 14.6 Å². The van der Waals surface area contributed by atoms with Gasteiger partial charge in [0.1, 0.15) is 6.07 Å². The van der Waals surface area contributed by atoms with E-state index in [0.717, 1.165) is 0 Å². The van der Waals surface area contributed by atoms with Crippen molar-refractivity contribution in [3.05, 3.63) is 33.0 Å². The monoisotopic (exact) mass is 271 g/mol. The van der Waals surface area contributed by atoms with Gasteiger partial charge in [0, 0.05) is 0 Å². The summed E-state index contributed by atoms with van der Waals surface area (Å²) in [6.07, 6.45) is -3.18. The maximum atomic E-state index is 12.8. The molecule has 0 saturated heterocycles. The SMILES string of the molecule is CCOC(=O)c1cc([N+](=O)[O-])nc(C#N)c1C(F)F. The Morgan fingerprint density at radius 1 is 1.68 bits per heavy atom. The van der Waals surface area contributed by atoms with Crippen LogP contribution in [0.25, 0.3) is 0 Å². The Hall–Kier alpha value is -2.63. The van der Waals surface area contributed by atoms with E-state index in [1.807, 2.05) is 0 Å². The second-order valence-corrected chi connectivity index (χ2v) is 3.18. The number of nitriles is 1. The number of aromatic nitrogens is 1. The van der Waals surface area contributed by atoms with E-state index in [1.54, 1.807) is 0 Å². The molecule has 0 fully saturated rings. The largest absolute Gasteiger partial charge is 0.462 e. The molecule has 100 valence electrons. The smallest absolute Gasteiger partial charge is 0.365 e. The molecule has 1 heterocycles. The summed E-state index contributed by atoms with van der Waals surface area (Å²) >= 11 is 0. The zero-order chi connectivity index (χ0) is 14.6. The third kappa shape index (κ3) is 2.98. The van der Waals surface area contributed by atoms with Gasteiger partial charge in [0.05, 0.1) is 23.8 Å². The Bertz CT molecular complexity index is 569. The number of ether oxygens (including phenoxy) is 1. The van der Waals surface area contributed by atoms with E-state index in [2.05, 4.69) is 9.72 Å². The van der Waals surface area contributed by atoms with Crippen molar-refractivity contribution in [1.82, 2.24) is 4.98 Å². The van der Waals surface area contributed by atoms with Crippen molar-refractivity contribution in [2.75, 3.05) is 6.61 Å². The van der Waals surface area contributed by atoms with Crippen LogP contribution in [0.15, 0.2) is 6.07 Å². The molecule has 0 aliphatic rings. The molecule has 0 radical (unpaired) electrons. The minimum absolute atomic E-state index is 0.0977. The van der Waals surface area contributed by atoms with Crippen molar-refractivity contribution in [3.63, 3.8) is 0 Å². The normalized spacial score (nSPS) is 10.1. The molecule has 0 spiro atoms. The topological polar surface area (TPSA) is 106 Å². The summed E-state index contributed by atoms with van der Waals surface area (Å²) in [5.41, 5.74) is -2.56. The lowest BCUT2D eigenvalue weighted by Crippen LogP contribution is -2.12. The quantitative estimate of drug-likeness (QED) is 0.470. The van der Waals surface area contributed by atoms with E-state index in [9.17, 15) is 23.7 Å². The minimum Gasteiger partial charge on any atom is -0.462 e. The van der Waals surface area contributed by atoms with Crippen LogP contribution in [0.3, 0.4) is 0 Å². The first-order valence-electron chi connectivity index (χ1n) is 4.97. The van der Waals surface area contributed by atoms with Gasteiger partial charge >= 0.3 is 11.8 Å². The first-order chi connectivity index (χ1) is 8.92. The number of esters is 1. The van der Waals surface area contributed by atoms with Gasteiger partial charge in [-0.3, -0.25) is 0 Å². The van der Waals surface area contributed by atoms with Crippen molar-refractivity contribution >= 4 is 11.8 Å². The van der Waals surface area contributed by atoms with Crippen molar-refractivity contribution in [2.45, 2.75) is 13.3 Å². The molecule has 0 saturated carbocycles. The average Bonchev–Trinajstić information content (AvgIpc) is 2.36. The number of hydrogen-bond acceptors (Lipinski definition) is 6. The summed E-state index contributed by atoms with van der Waals surface area (Å²) < 4.78 is 30.2. The second-order valence-electron chi connectivity index (χ2n) is 3.18. The summed E-state index contributed by atoms with van der Waals surface area (Å²) in [6.45, 7) is 1.35. The predicted molar refractivity (Wildman–Crippen MR) is 56.5 cm³/mol. The molecule has 0 amide bonds. The highest BCUT2D eigenvalue weighted by atomic mass is 19.3. The molecule has 1 aromatic heterocycles. The lowest BCUT2D eigenvalue weighted by molar-refractivity contribution is -0.389. The molecular weight excluding hydrogens is 264 g/mol. The van der Waals surface area contributed by atoms with Crippen molar-refractivity contribution in [1.29, 1.82) is 5.26 Å². The van der Waals surface area contributed by atoms with Crippen LogP contribution in [0.2, 0.25) is 0 Å². The fourth-order valence-corrected chi connectivity index (χ4v) is 1.32. The Morgan fingerprint density at radius 2 is 2.32 bits per heavy atom. The van der Waals surface area contributed by atoms with E-state index >= 15 is 0 Å². The van der Waals surface area contributed by atoms with Crippen LogP contribution in [0, 0.1) is 21.4 Å². The zero-order valence-corrected chi connectivity index (χ0v) is 9.59. The van der Waals surface area contributed by atoms with Crippen molar-refractivity contribution < 1.29 is 23.2 Å². The first-order valence-corrected chi connectivity index (χ1v) is 4.97. The second kappa shape index (κ2) is 5.81. The summed E-state index contributed by atoms with van der Waals surface area (Å²) in [5, 5.41) is 19.3. The molecule has 1 rings (SSSR count). The summed E-state index contributed by atoms with van der Waals surface area (Å²) in [7, 11) is 0. The molecule has 1 aromatic rings. The van der Waals surface area contributed by atoms with Crippen LogP contribution < -0.4 is 0 Å². The third-order valence-corrected chi connectivity index (χ3v) is 2.05. The molecule has 0 bridgehead atoms. The number of hydrogen-bond donors (Lipinski definition) is 0. The van der Waals surface area contributed by atoms with Gasteiger partial charge in [0.25, 0.3) is 12.1 Å². The lowest BCUT2D eigenvalue weighted by atomic mass is 10.1. The van der Waals surface area contributed by atoms with Crippen molar-refractivity contribution in [2.24, 2.45) is 0 Å². The molecule has 0 N–H and O–H groups in total.